The summed E-state index contributed by atoms with van der Waals surface area (Å²) in [6.45, 7) is 5.96. The largest absolute Gasteiger partial charge is 0.366 e. The lowest BCUT2D eigenvalue weighted by Gasteiger charge is -2.18. The monoisotopic (exact) mass is 252 g/mol. The van der Waals surface area contributed by atoms with E-state index in [-0.39, 0.29) is 31.2 Å². The van der Waals surface area contributed by atoms with Crippen molar-refractivity contribution in [2.75, 3.05) is 26.0 Å². The summed E-state index contributed by atoms with van der Waals surface area (Å²) in [6, 6.07) is 0. The van der Waals surface area contributed by atoms with Gasteiger partial charge in [-0.3, -0.25) is 4.79 Å². The molecule has 0 aromatic heterocycles. The van der Waals surface area contributed by atoms with Crippen LogP contribution in [0.2, 0.25) is 0 Å². The minimum Gasteiger partial charge on any atom is -0.366 e. The molecule has 0 bridgehead atoms. The Balaban J connectivity index is 3.60. The lowest BCUT2D eigenvalue weighted by Crippen LogP contribution is -2.37. The normalized spacial score (nSPS) is 12.5. The fourth-order valence-electron chi connectivity index (χ4n) is 0.771. The molecule has 0 aromatic carbocycles. The Bertz CT molecular complexity index is 319. The van der Waals surface area contributed by atoms with Crippen molar-refractivity contribution >= 4 is 15.9 Å². The molecule has 0 aliphatic rings. The van der Waals surface area contributed by atoms with E-state index >= 15 is 0 Å². The summed E-state index contributed by atoms with van der Waals surface area (Å²) in [4.78, 5) is 11.2. The Labute approximate surface area is 96.8 Å². The van der Waals surface area contributed by atoms with Crippen LogP contribution >= 0.6 is 0 Å². The molecule has 6 nitrogen and oxygen atoms in total. The molecule has 0 saturated heterocycles. The number of rotatable bonds is 6. The van der Waals surface area contributed by atoms with E-state index in [4.69, 9.17) is 4.74 Å². The van der Waals surface area contributed by atoms with Crippen LogP contribution < -0.4 is 10.0 Å². The number of carbonyl (C=O) groups excluding carboxylic acids is 1. The van der Waals surface area contributed by atoms with Gasteiger partial charge in [-0.25, -0.2) is 13.1 Å². The molecule has 7 heteroatoms. The van der Waals surface area contributed by atoms with Gasteiger partial charge in [-0.05, 0) is 20.8 Å². The zero-order chi connectivity index (χ0) is 12.8. The third-order valence-electron chi connectivity index (χ3n) is 1.45. The molecule has 0 heterocycles. The second-order valence-electron chi connectivity index (χ2n) is 4.42. The molecule has 0 saturated carbocycles. The van der Waals surface area contributed by atoms with E-state index < -0.39 is 10.0 Å². The summed E-state index contributed by atoms with van der Waals surface area (Å²) in [7, 11) is -3.19. The van der Waals surface area contributed by atoms with Gasteiger partial charge in [-0.2, -0.15) is 0 Å². The number of carbonyl (C=O) groups is 1. The van der Waals surface area contributed by atoms with Crippen molar-refractivity contribution in [3.63, 3.8) is 0 Å². The molecule has 0 radical (unpaired) electrons. The quantitative estimate of drug-likeness (QED) is 0.622. The van der Waals surface area contributed by atoms with E-state index in [1.165, 1.54) is 0 Å². The van der Waals surface area contributed by atoms with E-state index in [0.717, 1.165) is 6.26 Å². The second kappa shape index (κ2) is 6.17. The molecule has 0 aliphatic carbocycles. The number of amides is 1. The van der Waals surface area contributed by atoms with Crippen LogP contribution in [-0.2, 0) is 19.6 Å². The third-order valence-corrected chi connectivity index (χ3v) is 2.18. The summed E-state index contributed by atoms with van der Waals surface area (Å²) >= 11 is 0. The number of nitrogens with one attached hydrogen (secondary N) is 2. The van der Waals surface area contributed by atoms with Crippen LogP contribution in [0.4, 0.5) is 0 Å². The van der Waals surface area contributed by atoms with Crippen LogP contribution in [0, 0.1) is 0 Å². The molecule has 2 N–H and O–H groups in total. The van der Waals surface area contributed by atoms with Gasteiger partial charge in [-0.1, -0.05) is 0 Å². The molecule has 0 spiro atoms. The maximum atomic E-state index is 11.2. The molecule has 0 fully saturated rings. The van der Waals surface area contributed by atoms with Crippen LogP contribution in [0.3, 0.4) is 0 Å². The van der Waals surface area contributed by atoms with Crippen LogP contribution in [0.15, 0.2) is 0 Å². The van der Waals surface area contributed by atoms with E-state index in [1.54, 1.807) is 0 Å². The fourth-order valence-corrected chi connectivity index (χ4v) is 1.24. The Hall–Kier alpha value is -0.660. The van der Waals surface area contributed by atoms with Crippen molar-refractivity contribution < 1.29 is 17.9 Å². The van der Waals surface area contributed by atoms with Crippen LogP contribution in [-0.4, -0.2) is 45.9 Å². The first kappa shape index (κ1) is 15.3. The van der Waals surface area contributed by atoms with Crippen LogP contribution in [0.5, 0.6) is 0 Å². The second-order valence-corrected chi connectivity index (χ2v) is 6.25. The summed E-state index contributed by atoms with van der Waals surface area (Å²) in [5.41, 5.74) is -0.359. The van der Waals surface area contributed by atoms with Gasteiger partial charge in [0.25, 0.3) is 0 Å². The smallest absolute Gasteiger partial charge is 0.246 e. The van der Waals surface area contributed by atoms with Gasteiger partial charge in [0.05, 0.1) is 11.9 Å². The Morgan fingerprint density at radius 2 is 1.81 bits per heavy atom. The highest BCUT2D eigenvalue weighted by molar-refractivity contribution is 7.88. The summed E-state index contributed by atoms with van der Waals surface area (Å²) in [5, 5.41) is 2.54. The standard InChI is InChI=1S/C9H20N2O4S/c1-9(2,3)15-7-8(12)10-5-6-11-16(4,13)14/h11H,5-7H2,1-4H3,(H,10,12). The molecular weight excluding hydrogens is 232 g/mol. The molecule has 16 heavy (non-hydrogen) atoms. The van der Waals surface area contributed by atoms with Gasteiger partial charge in [0, 0.05) is 13.1 Å². The lowest BCUT2D eigenvalue weighted by atomic mass is 10.2. The van der Waals surface area contributed by atoms with Gasteiger partial charge >= 0.3 is 0 Å². The van der Waals surface area contributed by atoms with Crippen molar-refractivity contribution in [2.45, 2.75) is 26.4 Å². The Kier molecular flexibility index (Phi) is 5.91. The third kappa shape index (κ3) is 11.4. The predicted octanol–water partition coefficient (Wildman–Crippen LogP) is -0.533. The summed E-state index contributed by atoms with van der Waals surface area (Å²) < 4.78 is 28.9. The number of ether oxygens (including phenoxy) is 1. The molecule has 96 valence electrons. The molecule has 0 unspecified atom stereocenters. The van der Waals surface area contributed by atoms with E-state index in [0.29, 0.717) is 0 Å². The van der Waals surface area contributed by atoms with Gasteiger partial charge in [0.1, 0.15) is 6.61 Å². The fraction of sp³-hybridized carbons (Fsp3) is 0.889. The topological polar surface area (TPSA) is 84.5 Å². The molecule has 0 atom stereocenters. The number of hydrogen-bond acceptors (Lipinski definition) is 4. The van der Waals surface area contributed by atoms with Crippen LogP contribution in [0.1, 0.15) is 20.8 Å². The zero-order valence-electron chi connectivity index (χ0n) is 10.2. The maximum Gasteiger partial charge on any atom is 0.246 e. The van der Waals surface area contributed by atoms with E-state index in [9.17, 15) is 13.2 Å². The highest BCUT2D eigenvalue weighted by Crippen LogP contribution is 2.05. The first-order valence-electron chi connectivity index (χ1n) is 4.95. The Morgan fingerprint density at radius 1 is 1.25 bits per heavy atom. The van der Waals surface area contributed by atoms with Crippen molar-refractivity contribution in [1.29, 1.82) is 0 Å². The lowest BCUT2D eigenvalue weighted by molar-refractivity contribution is -0.130. The van der Waals surface area contributed by atoms with Crippen molar-refractivity contribution in [2.24, 2.45) is 0 Å². The molecule has 0 rings (SSSR count). The average Bonchev–Trinajstić information content (AvgIpc) is 2.06. The SMILES string of the molecule is CC(C)(C)OCC(=O)NCCNS(C)(=O)=O. The maximum absolute atomic E-state index is 11.2. The summed E-state index contributed by atoms with van der Waals surface area (Å²) in [6.07, 6.45) is 1.07. The first-order chi connectivity index (χ1) is 7.10. The van der Waals surface area contributed by atoms with Crippen molar-refractivity contribution in [3.05, 3.63) is 0 Å². The zero-order valence-corrected chi connectivity index (χ0v) is 11.0. The summed E-state index contributed by atoms with van der Waals surface area (Å²) in [5.74, 6) is -0.259. The minimum absolute atomic E-state index is 0.0254. The highest BCUT2D eigenvalue weighted by atomic mass is 32.2. The molecule has 1 amide bonds. The number of hydrogen-bond donors (Lipinski definition) is 2. The molecule has 0 aromatic rings. The molecule has 0 aliphatic heterocycles. The van der Waals surface area contributed by atoms with Crippen molar-refractivity contribution in [3.8, 4) is 0 Å². The average molecular weight is 252 g/mol. The molecular formula is C9H20N2O4S. The van der Waals surface area contributed by atoms with E-state index in [1.807, 2.05) is 20.8 Å². The van der Waals surface area contributed by atoms with Gasteiger partial charge < -0.3 is 10.1 Å². The number of sulfonamides is 1. The minimum atomic E-state index is -3.19. The van der Waals surface area contributed by atoms with E-state index in [2.05, 4.69) is 10.0 Å². The predicted molar refractivity (Wildman–Crippen MR) is 61.6 cm³/mol. The van der Waals surface area contributed by atoms with Gasteiger partial charge in [0.2, 0.25) is 15.9 Å². The van der Waals surface area contributed by atoms with Crippen LogP contribution in [0.25, 0.3) is 0 Å². The first-order valence-corrected chi connectivity index (χ1v) is 6.84. The Morgan fingerprint density at radius 3 is 2.25 bits per heavy atom. The van der Waals surface area contributed by atoms with Gasteiger partial charge in [0.15, 0.2) is 0 Å². The highest BCUT2D eigenvalue weighted by Gasteiger charge is 2.12. The van der Waals surface area contributed by atoms with Crippen molar-refractivity contribution in [1.82, 2.24) is 10.0 Å². The van der Waals surface area contributed by atoms with Gasteiger partial charge in [-0.15, -0.1) is 0 Å².